The van der Waals surface area contributed by atoms with Gasteiger partial charge in [-0.05, 0) is 23.8 Å². The fourth-order valence-corrected chi connectivity index (χ4v) is 2.44. The van der Waals surface area contributed by atoms with Crippen LogP contribution in [-0.4, -0.2) is 23.0 Å². The maximum atomic E-state index is 12.4. The number of rotatable bonds is 2. The third-order valence-corrected chi connectivity index (χ3v) is 3.40. The number of aromatic nitrogens is 1. The van der Waals surface area contributed by atoms with E-state index >= 15 is 0 Å². The Bertz CT molecular complexity index is 656. The summed E-state index contributed by atoms with van der Waals surface area (Å²) in [6, 6.07) is 13.4. The van der Waals surface area contributed by atoms with Gasteiger partial charge in [-0.25, -0.2) is 9.78 Å². The molecule has 5 nitrogen and oxygen atoms in total. The molecular weight excluding hydrogens is 252 g/mol. The second-order valence-electron chi connectivity index (χ2n) is 4.91. The largest absolute Gasteiger partial charge is 0.384 e. The Kier molecular flexibility index (Phi) is 3.02. The molecule has 1 aliphatic heterocycles. The lowest BCUT2D eigenvalue weighted by atomic mass is 10.1. The lowest BCUT2D eigenvalue weighted by Gasteiger charge is -2.34. The number of anilines is 2. The molecule has 20 heavy (non-hydrogen) atoms. The number of urea groups is 1. The summed E-state index contributed by atoms with van der Waals surface area (Å²) in [7, 11) is 1.80. The molecule has 5 heteroatoms. The highest BCUT2D eigenvalue weighted by Crippen LogP contribution is 2.28. The summed E-state index contributed by atoms with van der Waals surface area (Å²) in [4.78, 5) is 20.1. The van der Waals surface area contributed by atoms with Crippen molar-refractivity contribution < 1.29 is 4.79 Å². The minimum atomic E-state index is -0.0204. The van der Waals surface area contributed by atoms with Crippen LogP contribution in [0.25, 0.3) is 0 Å². The maximum absolute atomic E-state index is 12.4. The van der Waals surface area contributed by atoms with Crippen LogP contribution >= 0.6 is 0 Å². The van der Waals surface area contributed by atoms with Crippen LogP contribution in [0.3, 0.4) is 0 Å². The number of amides is 2. The summed E-state index contributed by atoms with van der Waals surface area (Å²) in [5.41, 5.74) is 8.56. The van der Waals surface area contributed by atoms with E-state index in [1.165, 1.54) is 0 Å². The van der Waals surface area contributed by atoms with E-state index in [2.05, 4.69) is 4.98 Å². The number of hydrogen-bond donors (Lipinski definition) is 1. The SMILES string of the molecule is CN1Cc2ccccc2N(Cc2cccc(N)n2)C1=O. The fourth-order valence-electron chi connectivity index (χ4n) is 2.44. The van der Waals surface area contributed by atoms with Crippen molar-refractivity contribution in [1.82, 2.24) is 9.88 Å². The first kappa shape index (κ1) is 12.5. The number of hydrogen-bond acceptors (Lipinski definition) is 3. The highest BCUT2D eigenvalue weighted by atomic mass is 16.2. The van der Waals surface area contributed by atoms with E-state index in [4.69, 9.17) is 5.73 Å². The Morgan fingerprint density at radius 2 is 2.00 bits per heavy atom. The number of nitrogens with zero attached hydrogens (tertiary/aromatic N) is 3. The Hall–Kier alpha value is -2.56. The van der Waals surface area contributed by atoms with Gasteiger partial charge in [-0.15, -0.1) is 0 Å². The highest BCUT2D eigenvalue weighted by molar-refractivity contribution is 5.94. The number of fused-ring (bicyclic) bond motifs is 1. The van der Waals surface area contributed by atoms with E-state index in [1.54, 1.807) is 22.9 Å². The fraction of sp³-hybridized carbons (Fsp3) is 0.200. The molecule has 0 fully saturated rings. The van der Waals surface area contributed by atoms with E-state index < -0.39 is 0 Å². The summed E-state index contributed by atoms with van der Waals surface area (Å²) in [6.07, 6.45) is 0. The van der Waals surface area contributed by atoms with Crippen LogP contribution in [0.5, 0.6) is 0 Å². The number of carbonyl (C=O) groups excluding carboxylic acids is 1. The second kappa shape index (κ2) is 4.85. The van der Waals surface area contributed by atoms with Crippen molar-refractivity contribution in [2.75, 3.05) is 17.7 Å². The molecule has 0 saturated heterocycles. The molecule has 0 aliphatic carbocycles. The van der Waals surface area contributed by atoms with Crippen molar-refractivity contribution in [3.8, 4) is 0 Å². The van der Waals surface area contributed by atoms with Gasteiger partial charge >= 0.3 is 6.03 Å². The number of nitrogens with two attached hydrogens (primary N) is 1. The van der Waals surface area contributed by atoms with Crippen molar-refractivity contribution in [3.05, 3.63) is 53.7 Å². The van der Waals surface area contributed by atoms with Gasteiger partial charge in [0.15, 0.2) is 0 Å². The number of pyridine rings is 1. The molecule has 1 aromatic carbocycles. The molecule has 0 radical (unpaired) electrons. The Balaban J connectivity index is 1.97. The van der Waals surface area contributed by atoms with Crippen LogP contribution in [-0.2, 0) is 13.1 Å². The lowest BCUT2D eigenvalue weighted by Crippen LogP contribution is -2.44. The summed E-state index contributed by atoms with van der Waals surface area (Å²) in [6.45, 7) is 1.06. The molecule has 102 valence electrons. The van der Waals surface area contributed by atoms with Crippen molar-refractivity contribution in [3.63, 3.8) is 0 Å². The topological polar surface area (TPSA) is 62.5 Å². The molecule has 2 heterocycles. The van der Waals surface area contributed by atoms with Gasteiger partial charge in [-0.1, -0.05) is 24.3 Å². The van der Waals surface area contributed by atoms with Crippen molar-refractivity contribution in [1.29, 1.82) is 0 Å². The minimum absolute atomic E-state index is 0.0204. The van der Waals surface area contributed by atoms with Crippen LogP contribution in [0.15, 0.2) is 42.5 Å². The van der Waals surface area contributed by atoms with E-state index in [-0.39, 0.29) is 6.03 Å². The second-order valence-corrected chi connectivity index (χ2v) is 4.91. The summed E-state index contributed by atoms with van der Waals surface area (Å²) in [5.74, 6) is 0.466. The Morgan fingerprint density at radius 3 is 2.80 bits per heavy atom. The molecule has 1 aliphatic rings. The Morgan fingerprint density at radius 1 is 1.20 bits per heavy atom. The highest BCUT2D eigenvalue weighted by Gasteiger charge is 2.27. The standard InChI is InChI=1S/C15H16N4O/c1-18-9-11-5-2-3-7-13(11)19(15(18)20)10-12-6-4-8-14(16)17-12/h2-8H,9-10H2,1H3,(H2,16,17). The third-order valence-electron chi connectivity index (χ3n) is 3.40. The lowest BCUT2D eigenvalue weighted by molar-refractivity contribution is 0.210. The molecule has 2 aromatic rings. The van der Waals surface area contributed by atoms with Gasteiger partial charge in [-0.2, -0.15) is 0 Å². The van der Waals surface area contributed by atoms with Gasteiger partial charge in [0.05, 0.1) is 17.9 Å². The molecule has 2 amide bonds. The first-order chi connectivity index (χ1) is 9.65. The van der Waals surface area contributed by atoms with E-state index in [0.29, 0.717) is 18.9 Å². The monoisotopic (exact) mass is 268 g/mol. The van der Waals surface area contributed by atoms with Gasteiger partial charge in [0, 0.05) is 13.6 Å². The quantitative estimate of drug-likeness (QED) is 0.908. The predicted octanol–water partition coefficient (Wildman–Crippen LogP) is 2.24. The maximum Gasteiger partial charge on any atom is 0.324 e. The van der Waals surface area contributed by atoms with Crippen LogP contribution < -0.4 is 10.6 Å². The summed E-state index contributed by atoms with van der Waals surface area (Å²) >= 11 is 0. The van der Waals surface area contributed by atoms with Crippen molar-refractivity contribution >= 4 is 17.5 Å². The van der Waals surface area contributed by atoms with E-state index in [1.807, 2.05) is 36.4 Å². The molecule has 3 rings (SSSR count). The number of carbonyl (C=O) groups is 1. The normalized spacial score (nSPS) is 14.3. The van der Waals surface area contributed by atoms with Gasteiger partial charge in [-0.3, -0.25) is 4.90 Å². The summed E-state index contributed by atoms with van der Waals surface area (Å²) < 4.78 is 0. The van der Waals surface area contributed by atoms with E-state index in [9.17, 15) is 4.79 Å². The minimum Gasteiger partial charge on any atom is -0.384 e. The van der Waals surface area contributed by atoms with Crippen molar-refractivity contribution in [2.24, 2.45) is 0 Å². The van der Waals surface area contributed by atoms with Crippen LogP contribution in [0, 0.1) is 0 Å². The Labute approximate surface area is 117 Å². The van der Waals surface area contributed by atoms with Crippen LogP contribution in [0.4, 0.5) is 16.3 Å². The first-order valence-electron chi connectivity index (χ1n) is 6.47. The molecular formula is C15H16N4O. The van der Waals surface area contributed by atoms with Crippen molar-refractivity contribution in [2.45, 2.75) is 13.1 Å². The van der Waals surface area contributed by atoms with Gasteiger partial charge in [0.2, 0.25) is 0 Å². The molecule has 0 atom stereocenters. The molecule has 1 aromatic heterocycles. The molecule has 0 unspecified atom stereocenters. The zero-order valence-electron chi connectivity index (χ0n) is 11.3. The van der Waals surface area contributed by atoms with E-state index in [0.717, 1.165) is 16.9 Å². The predicted molar refractivity (Wildman–Crippen MR) is 78.1 cm³/mol. The van der Waals surface area contributed by atoms with Crippen LogP contribution in [0.1, 0.15) is 11.3 Å². The smallest absolute Gasteiger partial charge is 0.324 e. The molecule has 0 bridgehead atoms. The molecule has 2 N–H and O–H groups in total. The van der Waals surface area contributed by atoms with Gasteiger partial charge < -0.3 is 10.6 Å². The average molecular weight is 268 g/mol. The average Bonchev–Trinajstić information content (AvgIpc) is 2.44. The van der Waals surface area contributed by atoms with Gasteiger partial charge in [0.1, 0.15) is 5.82 Å². The number of nitrogen functional groups attached to an aromatic ring is 1. The number of para-hydroxylation sites is 1. The number of benzene rings is 1. The van der Waals surface area contributed by atoms with Crippen LogP contribution in [0.2, 0.25) is 0 Å². The molecule has 0 spiro atoms. The zero-order chi connectivity index (χ0) is 14.1. The third kappa shape index (κ3) is 2.18. The molecule has 0 saturated carbocycles. The zero-order valence-corrected chi connectivity index (χ0v) is 11.3. The first-order valence-corrected chi connectivity index (χ1v) is 6.47. The summed E-state index contributed by atoms with van der Waals surface area (Å²) in [5, 5.41) is 0. The van der Waals surface area contributed by atoms with Gasteiger partial charge in [0.25, 0.3) is 0 Å².